The molecule has 1 amide bonds. The predicted molar refractivity (Wildman–Crippen MR) is 130 cm³/mol. The fraction of sp³-hybridized carbons (Fsp3) is 0.360. The van der Waals surface area contributed by atoms with Gasteiger partial charge < -0.3 is 10.2 Å². The fourth-order valence-corrected chi connectivity index (χ4v) is 4.80. The summed E-state index contributed by atoms with van der Waals surface area (Å²) in [6.45, 7) is 9.99. The van der Waals surface area contributed by atoms with Crippen LogP contribution in [0.2, 0.25) is 10.0 Å². The second kappa shape index (κ2) is 9.34. The fourth-order valence-electron chi connectivity index (χ4n) is 4.34. The Labute approximate surface area is 194 Å². The molecule has 0 aromatic heterocycles. The molecule has 2 aromatic carbocycles. The smallest absolute Gasteiger partial charge is 0.266 e. The Hall–Kier alpha value is -2.48. The number of nitriles is 1. The summed E-state index contributed by atoms with van der Waals surface area (Å²) < 4.78 is 0. The summed E-state index contributed by atoms with van der Waals surface area (Å²) in [5, 5.41) is 13.1. The maximum atomic E-state index is 12.7. The average Bonchev–Trinajstić information content (AvgIpc) is 2.71. The van der Waals surface area contributed by atoms with E-state index in [2.05, 4.69) is 50.0 Å². The van der Waals surface area contributed by atoms with E-state index in [1.54, 1.807) is 24.3 Å². The molecule has 1 aliphatic heterocycles. The van der Waals surface area contributed by atoms with Gasteiger partial charge in [0.05, 0.1) is 10.7 Å². The van der Waals surface area contributed by atoms with Gasteiger partial charge in [0.15, 0.2) is 0 Å². The number of nitrogens with one attached hydrogen (secondary N) is 1. The van der Waals surface area contributed by atoms with Gasteiger partial charge in [0, 0.05) is 22.8 Å². The van der Waals surface area contributed by atoms with E-state index in [1.165, 1.54) is 11.3 Å². The van der Waals surface area contributed by atoms with Crippen LogP contribution in [0.4, 0.5) is 11.4 Å². The molecule has 1 N–H and O–H groups in total. The number of fused-ring (bicyclic) bond motifs is 1. The molecule has 1 aliphatic rings. The van der Waals surface area contributed by atoms with E-state index in [0.29, 0.717) is 21.7 Å². The molecule has 0 fully saturated rings. The van der Waals surface area contributed by atoms with Gasteiger partial charge in [-0.25, -0.2) is 0 Å². The highest BCUT2D eigenvalue weighted by Gasteiger charge is 2.35. The molecule has 162 valence electrons. The molecule has 0 spiro atoms. The molecule has 0 saturated carbocycles. The van der Waals surface area contributed by atoms with Gasteiger partial charge in [0.2, 0.25) is 0 Å². The number of hydrogen-bond acceptors (Lipinski definition) is 3. The van der Waals surface area contributed by atoms with Gasteiger partial charge in [-0.3, -0.25) is 4.79 Å². The lowest BCUT2D eigenvalue weighted by atomic mass is 9.79. The molecule has 0 radical (unpaired) electrons. The van der Waals surface area contributed by atoms with Crippen molar-refractivity contribution in [2.24, 2.45) is 0 Å². The summed E-state index contributed by atoms with van der Waals surface area (Å²) in [7, 11) is 0. The Morgan fingerprint density at radius 2 is 2.03 bits per heavy atom. The van der Waals surface area contributed by atoms with Crippen molar-refractivity contribution in [3.63, 3.8) is 0 Å². The first-order chi connectivity index (χ1) is 14.7. The molecule has 1 atom stereocenters. The second-order valence-electron chi connectivity index (χ2n) is 8.64. The van der Waals surface area contributed by atoms with Crippen LogP contribution >= 0.6 is 23.2 Å². The van der Waals surface area contributed by atoms with Crippen LogP contribution in [0.1, 0.15) is 57.6 Å². The maximum absolute atomic E-state index is 12.7. The minimum absolute atomic E-state index is 0.0140. The minimum Gasteiger partial charge on any atom is -0.366 e. The quantitative estimate of drug-likeness (QED) is 0.388. The average molecular weight is 456 g/mol. The molecule has 6 heteroatoms. The number of anilines is 2. The Balaban J connectivity index is 1.91. The zero-order chi connectivity index (χ0) is 22.8. The predicted octanol–water partition coefficient (Wildman–Crippen LogP) is 7.04. The van der Waals surface area contributed by atoms with E-state index in [1.807, 2.05) is 12.1 Å². The van der Waals surface area contributed by atoms with Gasteiger partial charge in [0.1, 0.15) is 11.6 Å². The van der Waals surface area contributed by atoms with Crippen LogP contribution in [-0.2, 0) is 4.79 Å². The van der Waals surface area contributed by atoms with Crippen LogP contribution in [0.3, 0.4) is 0 Å². The summed E-state index contributed by atoms with van der Waals surface area (Å²) in [5.41, 5.74) is 3.83. The minimum atomic E-state index is -0.508. The van der Waals surface area contributed by atoms with Crippen LogP contribution in [-0.4, -0.2) is 18.0 Å². The van der Waals surface area contributed by atoms with E-state index in [4.69, 9.17) is 23.2 Å². The first-order valence-electron chi connectivity index (χ1n) is 10.5. The number of halogens is 2. The number of nitrogens with zero attached hydrogens (tertiary/aromatic N) is 2. The van der Waals surface area contributed by atoms with Crippen molar-refractivity contribution in [3.05, 3.63) is 63.1 Å². The molecule has 1 heterocycles. The standard InChI is InChI=1S/C25H27Cl2N3O/c1-5-10-30-23-9-6-17(12-20(23)16(2)14-25(30,3)4)11-18(15-28)24(31)29-22-8-7-19(26)13-21(22)27/h6-9,11-13,16H,5,10,14H2,1-4H3,(H,29,31)/b18-11+. The number of carbonyl (C=O) groups is 1. The molecule has 3 rings (SSSR count). The third-order valence-electron chi connectivity index (χ3n) is 5.71. The number of benzene rings is 2. The summed E-state index contributed by atoms with van der Waals surface area (Å²) in [5.74, 6) is -0.120. The zero-order valence-corrected chi connectivity index (χ0v) is 19.8. The molecule has 0 aliphatic carbocycles. The third-order valence-corrected chi connectivity index (χ3v) is 6.26. The topological polar surface area (TPSA) is 56.1 Å². The first kappa shape index (κ1) is 23.2. The Kier molecular flexibility index (Phi) is 6.99. The van der Waals surface area contributed by atoms with Crippen LogP contribution in [0.5, 0.6) is 0 Å². The number of carbonyl (C=O) groups excluding carboxylic acids is 1. The van der Waals surface area contributed by atoms with Gasteiger partial charge in [-0.05, 0) is 80.1 Å². The van der Waals surface area contributed by atoms with Gasteiger partial charge >= 0.3 is 0 Å². The third kappa shape index (κ3) is 5.06. The number of hydrogen-bond donors (Lipinski definition) is 1. The van der Waals surface area contributed by atoms with E-state index >= 15 is 0 Å². The molecule has 2 aromatic rings. The van der Waals surface area contributed by atoms with Gasteiger partial charge in [-0.15, -0.1) is 0 Å². The monoisotopic (exact) mass is 455 g/mol. The summed E-state index contributed by atoms with van der Waals surface area (Å²) >= 11 is 12.0. The van der Waals surface area contributed by atoms with Crippen molar-refractivity contribution < 1.29 is 4.79 Å². The Morgan fingerprint density at radius 3 is 2.68 bits per heavy atom. The molecule has 1 unspecified atom stereocenters. The summed E-state index contributed by atoms with van der Waals surface area (Å²) in [4.78, 5) is 15.1. The van der Waals surface area contributed by atoms with Crippen LogP contribution in [0, 0.1) is 11.3 Å². The molecule has 0 saturated heterocycles. The van der Waals surface area contributed by atoms with Crippen molar-refractivity contribution in [3.8, 4) is 6.07 Å². The van der Waals surface area contributed by atoms with Crippen molar-refractivity contribution in [2.45, 2.75) is 52.0 Å². The lowest BCUT2D eigenvalue weighted by molar-refractivity contribution is -0.112. The van der Waals surface area contributed by atoms with E-state index in [-0.39, 0.29) is 11.1 Å². The molecule has 4 nitrogen and oxygen atoms in total. The van der Waals surface area contributed by atoms with Crippen LogP contribution in [0.25, 0.3) is 6.08 Å². The zero-order valence-electron chi connectivity index (χ0n) is 18.3. The van der Waals surface area contributed by atoms with Crippen LogP contribution < -0.4 is 10.2 Å². The largest absolute Gasteiger partial charge is 0.366 e. The highest BCUT2D eigenvalue weighted by atomic mass is 35.5. The van der Waals surface area contributed by atoms with Crippen molar-refractivity contribution >= 4 is 46.6 Å². The maximum Gasteiger partial charge on any atom is 0.266 e. The molecular formula is C25H27Cl2N3O. The van der Waals surface area contributed by atoms with E-state index in [0.717, 1.165) is 24.9 Å². The molecule has 31 heavy (non-hydrogen) atoms. The highest BCUT2D eigenvalue weighted by Crippen LogP contribution is 2.43. The van der Waals surface area contributed by atoms with E-state index in [9.17, 15) is 10.1 Å². The highest BCUT2D eigenvalue weighted by molar-refractivity contribution is 6.36. The van der Waals surface area contributed by atoms with Crippen molar-refractivity contribution in [1.29, 1.82) is 5.26 Å². The summed E-state index contributed by atoms with van der Waals surface area (Å²) in [6, 6.07) is 13.0. The summed E-state index contributed by atoms with van der Waals surface area (Å²) in [6.07, 6.45) is 3.74. The molecule has 0 bridgehead atoms. The van der Waals surface area contributed by atoms with E-state index < -0.39 is 5.91 Å². The first-order valence-corrected chi connectivity index (χ1v) is 11.2. The Morgan fingerprint density at radius 1 is 1.29 bits per heavy atom. The molecular weight excluding hydrogens is 429 g/mol. The Bertz CT molecular complexity index is 1070. The van der Waals surface area contributed by atoms with Crippen molar-refractivity contribution in [1.82, 2.24) is 0 Å². The second-order valence-corrected chi connectivity index (χ2v) is 9.48. The van der Waals surface area contributed by atoms with Crippen molar-refractivity contribution in [2.75, 3.05) is 16.8 Å². The van der Waals surface area contributed by atoms with Gasteiger partial charge in [0.25, 0.3) is 5.91 Å². The lowest BCUT2D eigenvalue weighted by Gasteiger charge is -2.47. The normalized spacial score (nSPS) is 17.6. The van der Waals surface area contributed by atoms with Gasteiger partial charge in [-0.1, -0.05) is 43.1 Å². The lowest BCUT2D eigenvalue weighted by Crippen LogP contribution is -2.48. The van der Waals surface area contributed by atoms with Gasteiger partial charge in [-0.2, -0.15) is 5.26 Å². The number of amides is 1. The number of rotatable bonds is 5. The SMILES string of the molecule is CCCN1c2ccc(/C=C(\C#N)C(=O)Nc3ccc(Cl)cc3Cl)cc2C(C)CC1(C)C. The van der Waals surface area contributed by atoms with Crippen LogP contribution in [0.15, 0.2) is 42.0 Å².